The van der Waals surface area contributed by atoms with E-state index in [0.717, 1.165) is 11.1 Å². The van der Waals surface area contributed by atoms with Crippen LogP contribution >= 0.6 is 0 Å². The molecule has 2 heterocycles. The first-order valence-electron chi connectivity index (χ1n) is 10.2. The van der Waals surface area contributed by atoms with Gasteiger partial charge in [0.2, 0.25) is 0 Å². The van der Waals surface area contributed by atoms with E-state index in [2.05, 4.69) is 0 Å². The monoisotopic (exact) mass is 408 g/mol. The topological polar surface area (TPSA) is 49.9 Å². The molecule has 2 aliphatic rings. The summed E-state index contributed by atoms with van der Waals surface area (Å²) in [6.45, 7) is 7.12. The minimum Gasteiger partial charge on any atom is -0.372 e. The van der Waals surface area contributed by atoms with E-state index in [1.165, 1.54) is 17.0 Å². The minimum absolute atomic E-state index is 0.0650. The number of rotatable bonds is 4. The number of hydrogen-bond acceptors (Lipinski definition) is 4. The third-order valence-electron chi connectivity index (χ3n) is 5.47. The Balaban J connectivity index is 1.74. The summed E-state index contributed by atoms with van der Waals surface area (Å²) in [6, 6.07) is 13.5. The van der Waals surface area contributed by atoms with Gasteiger partial charge in [-0.25, -0.2) is 4.39 Å². The molecule has 2 aromatic carbocycles. The van der Waals surface area contributed by atoms with E-state index in [4.69, 9.17) is 4.74 Å². The van der Waals surface area contributed by atoms with Gasteiger partial charge in [-0.2, -0.15) is 0 Å². The van der Waals surface area contributed by atoms with Gasteiger partial charge >= 0.3 is 0 Å². The van der Waals surface area contributed by atoms with Crippen LogP contribution in [-0.4, -0.2) is 46.9 Å². The summed E-state index contributed by atoms with van der Waals surface area (Å²) in [5.41, 5.74) is 3.24. The fourth-order valence-corrected chi connectivity index (χ4v) is 4.11. The molecule has 0 radical (unpaired) electrons. The summed E-state index contributed by atoms with van der Waals surface area (Å²) < 4.78 is 19.3. The van der Waals surface area contributed by atoms with Crippen molar-refractivity contribution < 1.29 is 18.7 Å². The van der Waals surface area contributed by atoms with Crippen molar-refractivity contribution in [2.45, 2.75) is 39.5 Å². The molecular weight excluding hydrogens is 383 g/mol. The summed E-state index contributed by atoms with van der Waals surface area (Å²) in [5, 5.41) is 0. The number of ether oxygens (including phenoxy) is 1. The quantitative estimate of drug-likeness (QED) is 0.727. The zero-order valence-corrected chi connectivity index (χ0v) is 17.4. The number of imide groups is 1. The molecule has 0 saturated carbocycles. The maximum absolute atomic E-state index is 13.5. The number of aryl methyl sites for hydroxylation is 1. The van der Waals surface area contributed by atoms with Crippen LogP contribution in [0.5, 0.6) is 0 Å². The fourth-order valence-electron chi connectivity index (χ4n) is 4.11. The second-order valence-electron chi connectivity index (χ2n) is 8.07. The lowest BCUT2D eigenvalue weighted by Crippen LogP contribution is -2.46. The fraction of sp³-hybridized carbons (Fsp3) is 0.333. The molecule has 156 valence electrons. The molecular formula is C24H25FN2O3. The van der Waals surface area contributed by atoms with E-state index in [1.807, 2.05) is 49.9 Å². The Morgan fingerprint density at radius 1 is 0.933 bits per heavy atom. The van der Waals surface area contributed by atoms with Crippen LogP contribution in [0.25, 0.3) is 5.57 Å². The zero-order chi connectivity index (χ0) is 21.4. The Morgan fingerprint density at radius 2 is 1.53 bits per heavy atom. The molecule has 6 heteroatoms. The van der Waals surface area contributed by atoms with Crippen LogP contribution in [0.2, 0.25) is 0 Å². The van der Waals surface area contributed by atoms with E-state index in [0.29, 0.717) is 29.9 Å². The normalized spacial score (nSPS) is 22.3. The summed E-state index contributed by atoms with van der Waals surface area (Å²) in [4.78, 5) is 30.0. The van der Waals surface area contributed by atoms with Crippen LogP contribution in [0, 0.1) is 12.7 Å². The molecule has 4 rings (SSSR count). The predicted molar refractivity (Wildman–Crippen MR) is 112 cm³/mol. The van der Waals surface area contributed by atoms with Crippen LogP contribution in [0.4, 0.5) is 4.39 Å². The highest BCUT2D eigenvalue weighted by Crippen LogP contribution is 2.34. The van der Waals surface area contributed by atoms with Gasteiger partial charge in [-0.3, -0.25) is 14.5 Å². The molecule has 0 aromatic heterocycles. The second kappa shape index (κ2) is 8.03. The molecule has 2 unspecified atom stereocenters. The van der Waals surface area contributed by atoms with Crippen LogP contribution in [0.15, 0.2) is 54.2 Å². The molecule has 1 fully saturated rings. The van der Waals surface area contributed by atoms with Gasteiger partial charge in [-0.05, 0) is 44.0 Å². The summed E-state index contributed by atoms with van der Waals surface area (Å²) in [6.07, 6.45) is -0.130. The summed E-state index contributed by atoms with van der Waals surface area (Å²) >= 11 is 0. The molecule has 1 saturated heterocycles. The lowest BCUT2D eigenvalue weighted by Gasteiger charge is -2.37. The van der Waals surface area contributed by atoms with Gasteiger partial charge in [0, 0.05) is 13.1 Å². The van der Waals surface area contributed by atoms with Gasteiger partial charge in [-0.15, -0.1) is 0 Å². The molecule has 0 N–H and O–H groups in total. The third-order valence-corrected chi connectivity index (χ3v) is 5.47. The van der Waals surface area contributed by atoms with Crippen LogP contribution in [-0.2, 0) is 20.9 Å². The number of nitrogens with zero attached hydrogens (tertiary/aromatic N) is 2. The average molecular weight is 408 g/mol. The van der Waals surface area contributed by atoms with E-state index >= 15 is 0 Å². The lowest BCUT2D eigenvalue weighted by atomic mass is 10.0. The molecule has 5 nitrogen and oxygen atoms in total. The number of hydrogen-bond donors (Lipinski definition) is 0. The number of benzene rings is 2. The number of halogens is 1. The highest BCUT2D eigenvalue weighted by atomic mass is 19.1. The van der Waals surface area contributed by atoms with Crippen molar-refractivity contribution in [1.29, 1.82) is 0 Å². The highest BCUT2D eigenvalue weighted by Gasteiger charge is 2.43. The van der Waals surface area contributed by atoms with E-state index < -0.39 is 0 Å². The Kier molecular flexibility index (Phi) is 5.43. The second-order valence-corrected chi connectivity index (χ2v) is 8.07. The van der Waals surface area contributed by atoms with Gasteiger partial charge in [0.05, 0.1) is 24.3 Å². The first-order valence-corrected chi connectivity index (χ1v) is 10.2. The number of carbonyl (C=O) groups excluding carboxylic acids is 2. The molecule has 0 bridgehead atoms. The third kappa shape index (κ3) is 3.87. The molecule has 2 atom stereocenters. The Morgan fingerprint density at radius 3 is 2.13 bits per heavy atom. The van der Waals surface area contributed by atoms with Gasteiger partial charge in [0.25, 0.3) is 11.8 Å². The van der Waals surface area contributed by atoms with Crippen molar-refractivity contribution >= 4 is 17.4 Å². The predicted octanol–water partition coefficient (Wildman–Crippen LogP) is 3.52. The molecule has 0 spiro atoms. The number of morpholine rings is 1. The smallest absolute Gasteiger partial charge is 0.278 e. The maximum atomic E-state index is 13.5. The van der Waals surface area contributed by atoms with Gasteiger partial charge in [0.1, 0.15) is 11.5 Å². The van der Waals surface area contributed by atoms with E-state index in [9.17, 15) is 14.0 Å². The van der Waals surface area contributed by atoms with Crippen LogP contribution in [0.1, 0.15) is 30.5 Å². The average Bonchev–Trinajstić information content (AvgIpc) is 2.94. The van der Waals surface area contributed by atoms with Crippen LogP contribution in [0.3, 0.4) is 0 Å². The summed E-state index contributed by atoms with van der Waals surface area (Å²) in [7, 11) is 0. The minimum atomic E-state index is -0.386. The highest BCUT2D eigenvalue weighted by molar-refractivity contribution is 6.35. The van der Waals surface area contributed by atoms with Crippen LogP contribution < -0.4 is 0 Å². The van der Waals surface area contributed by atoms with Crippen molar-refractivity contribution in [2.75, 3.05) is 13.1 Å². The van der Waals surface area contributed by atoms with Crippen molar-refractivity contribution in [3.8, 4) is 0 Å². The van der Waals surface area contributed by atoms with Crippen molar-refractivity contribution in [2.24, 2.45) is 0 Å². The Bertz CT molecular complexity index is 988. The Labute approximate surface area is 175 Å². The lowest BCUT2D eigenvalue weighted by molar-refractivity contribution is -0.139. The van der Waals surface area contributed by atoms with Gasteiger partial charge < -0.3 is 9.64 Å². The first-order chi connectivity index (χ1) is 14.3. The number of carbonyl (C=O) groups is 2. The van der Waals surface area contributed by atoms with Gasteiger partial charge in [0.15, 0.2) is 0 Å². The number of amides is 2. The molecule has 2 aliphatic heterocycles. The molecule has 2 amide bonds. The van der Waals surface area contributed by atoms with E-state index in [-0.39, 0.29) is 36.4 Å². The van der Waals surface area contributed by atoms with Crippen molar-refractivity contribution in [3.05, 3.63) is 76.7 Å². The largest absolute Gasteiger partial charge is 0.372 e. The van der Waals surface area contributed by atoms with Crippen molar-refractivity contribution in [3.63, 3.8) is 0 Å². The molecule has 0 aliphatic carbocycles. The standard InChI is InChI=1S/C24H25FN2O3/c1-15-4-6-18(7-5-15)14-27-23(28)21(19-8-10-20(25)11-9-19)22(24(27)29)26-12-16(2)30-17(3)13-26/h4-11,16-17H,12-14H2,1-3H3. The zero-order valence-electron chi connectivity index (χ0n) is 17.4. The van der Waals surface area contributed by atoms with Crippen molar-refractivity contribution in [1.82, 2.24) is 9.80 Å². The molecule has 30 heavy (non-hydrogen) atoms. The Hall–Kier alpha value is -2.99. The van der Waals surface area contributed by atoms with Gasteiger partial charge in [-0.1, -0.05) is 42.0 Å². The maximum Gasteiger partial charge on any atom is 0.278 e. The summed E-state index contributed by atoms with van der Waals surface area (Å²) in [5.74, 6) is -1.06. The molecule has 2 aromatic rings. The van der Waals surface area contributed by atoms with E-state index in [1.54, 1.807) is 12.1 Å². The SMILES string of the molecule is Cc1ccc(CN2C(=O)C(c3ccc(F)cc3)=C(N3CC(C)OC(C)C3)C2=O)cc1. The first kappa shape index (κ1) is 20.3.